The molecule has 0 saturated carbocycles. The van der Waals surface area contributed by atoms with Gasteiger partial charge in [-0.3, -0.25) is 0 Å². The van der Waals surface area contributed by atoms with Crippen LogP contribution in [0.1, 0.15) is 30.1 Å². The molecule has 118 valence electrons. The number of pyridine rings is 1. The predicted molar refractivity (Wildman–Crippen MR) is 89.3 cm³/mol. The second-order valence-electron chi connectivity index (χ2n) is 5.84. The zero-order valence-electron chi connectivity index (χ0n) is 13.5. The molecule has 6 nitrogen and oxygen atoms in total. The van der Waals surface area contributed by atoms with Gasteiger partial charge in [0.25, 0.3) is 0 Å². The van der Waals surface area contributed by atoms with Crippen molar-refractivity contribution in [2.24, 2.45) is 0 Å². The molecule has 0 atom stereocenters. The van der Waals surface area contributed by atoms with Crippen molar-refractivity contribution in [1.82, 2.24) is 15.0 Å². The van der Waals surface area contributed by atoms with Crippen molar-refractivity contribution in [3.05, 3.63) is 41.5 Å². The van der Waals surface area contributed by atoms with Gasteiger partial charge in [-0.2, -0.15) is 5.26 Å². The van der Waals surface area contributed by atoms with Crippen LogP contribution in [-0.4, -0.2) is 34.1 Å². The molecule has 23 heavy (non-hydrogen) atoms. The molecule has 0 spiro atoms. The van der Waals surface area contributed by atoms with Gasteiger partial charge in [0.05, 0.1) is 0 Å². The summed E-state index contributed by atoms with van der Waals surface area (Å²) in [5, 5.41) is 12.3. The number of nitrogens with one attached hydrogen (secondary N) is 1. The number of hydrogen-bond donors (Lipinski definition) is 1. The second-order valence-corrected chi connectivity index (χ2v) is 5.84. The first-order valence-electron chi connectivity index (χ1n) is 7.85. The summed E-state index contributed by atoms with van der Waals surface area (Å²) in [4.78, 5) is 15.5. The normalized spacial score (nSPS) is 15.3. The van der Waals surface area contributed by atoms with E-state index in [1.54, 1.807) is 6.07 Å². The minimum absolute atomic E-state index is 0.372. The topological polar surface area (TPSA) is 77.7 Å². The van der Waals surface area contributed by atoms with Crippen molar-refractivity contribution in [1.29, 1.82) is 5.26 Å². The Kier molecular flexibility index (Phi) is 4.38. The fourth-order valence-corrected chi connectivity index (χ4v) is 2.90. The van der Waals surface area contributed by atoms with E-state index < -0.39 is 0 Å². The third-order valence-electron chi connectivity index (χ3n) is 3.99. The average molecular weight is 308 g/mol. The number of aryl methyl sites for hydroxylation is 2. The molecule has 0 unspecified atom stereocenters. The van der Waals surface area contributed by atoms with Gasteiger partial charge in [0.2, 0.25) is 0 Å². The van der Waals surface area contributed by atoms with Crippen LogP contribution >= 0.6 is 0 Å². The zero-order valence-corrected chi connectivity index (χ0v) is 13.5. The highest BCUT2D eigenvalue weighted by Crippen LogP contribution is 2.20. The standard InChI is InChI=1S/C17H20N6/c1-12-10-17(20-13(2)19-12)23-8-6-14(7-9-23)21-16-5-3-4-15(11-18)22-16/h3-5,10,14H,6-9H2,1-2H3,(H,21,22). The third-order valence-corrected chi connectivity index (χ3v) is 3.99. The van der Waals surface area contributed by atoms with Crippen molar-refractivity contribution >= 4 is 11.6 Å². The van der Waals surface area contributed by atoms with Gasteiger partial charge >= 0.3 is 0 Å². The first-order chi connectivity index (χ1) is 11.1. The van der Waals surface area contributed by atoms with Gasteiger partial charge in [-0.25, -0.2) is 15.0 Å². The van der Waals surface area contributed by atoms with Crippen LogP contribution < -0.4 is 10.2 Å². The Bertz CT molecular complexity index is 708. The molecule has 1 saturated heterocycles. The summed E-state index contributed by atoms with van der Waals surface area (Å²) in [6, 6.07) is 9.96. The van der Waals surface area contributed by atoms with Crippen LogP contribution in [0.25, 0.3) is 0 Å². The van der Waals surface area contributed by atoms with Gasteiger partial charge in [-0.05, 0) is 38.8 Å². The predicted octanol–water partition coefficient (Wildman–Crippen LogP) is 2.44. The molecule has 3 rings (SSSR count). The van der Waals surface area contributed by atoms with Crippen molar-refractivity contribution in [3.8, 4) is 6.07 Å². The quantitative estimate of drug-likeness (QED) is 0.938. The van der Waals surface area contributed by atoms with Gasteiger partial charge in [0.1, 0.15) is 29.2 Å². The summed E-state index contributed by atoms with van der Waals surface area (Å²) in [6.07, 6.45) is 2.03. The maximum atomic E-state index is 8.91. The lowest BCUT2D eigenvalue weighted by Gasteiger charge is -2.33. The molecule has 0 radical (unpaired) electrons. The van der Waals surface area contributed by atoms with Crippen LogP contribution in [-0.2, 0) is 0 Å². The Labute approximate surface area is 136 Å². The second kappa shape index (κ2) is 6.61. The summed E-state index contributed by atoms with van der Waals surface area (Å²) >= 11 is 0. The van der Waals surface area contributed by atoms with Gasteiger partial charge < -0.3 is 10.2 Å². The van der Waals surface area contributed by atoms with E-state index in [9.17, 15) is 0 Å². The van der Waals surface area contributed by atoms with Gasteiger partial charge in [-0.1, -0.05) is 6.07 Å². The molecular formula is C17H20N6. The first-order valence-corrected chi connectivity index (χ1v) is 7.85. The van der Waals surface area contributed by atoms with Crippen LogP contribution in [0.5, 0.6) is 0 Å². The molecule has 1 aliphatic rings. The Morgan fingerprint density at radius 1 is 1.17 bits per heavy atom. The molecule has 1 fully saturated rings. The van der Waals surface area contributed by atoms with Crippen LogP contribution in [0.4, 0.5) is 11.6 Å². The Hall–Kier alpha value is -2.68. The number of piperidine rings is 1. The Balaban J connectivity index is 1.61. The molecule has 0 bridgehead atoms. The fourth-order valence-electron chi connectivity index (χ4n) is 2.90. The lowest BCUT2D eigenvalue weighted by atomic mass is 10.0. The highest BCUT2D eigenvalue weighted by Gasteiger charge is 2.20. The fraction of sp³-hybridized carbons (Fsp3) is 0.412. The van der Waals surface area contributed by atoms with E-state index in [1.165, 1.54) is 0 Å². The maximum Gasteiger partial charge on any atom is 0.142 e. The number of nitriles is 1. The molecule has 6 heteroatoms. The van der Waals surface area contributed by atoms with Gasteiger partial charge in [0.15, 0.2) is 0 Å². The minimum Gasteiger partial charge on any atom is -0.367 e. The van der Waals surface area contributed by atoms with Gasteiger partial charge in [0, 0.05) is 30.9 Å². The van der Waals surface area contributed by atoms with Crippen LogP contribution in [0.3, 0.4) is 0 Å². The molecule has 1 aliphatic heterocycles. The zero-order chi connectivity index (χ0) is 16.2. The first kappa shape index (κ1) is 15.2. The number of hydrogen-bond acceptors (Lipinski definition) is 6. The van der Waals surface area contributed by atoms with Gasteiger partial charge in [-0.15, -0.1) is 0 Å². The van der Waals surface area contributed by atoms with E-state index in [0.29, 0.717) is 11.7 Å². The molecule has 2 aromatic rings. The van der Waals surface area contributed by atoms with Crippen molar-refractivity contribution < 1.29 is 0 Å². The minimum atomic E-state index is 0.372. The van der Waals surface area contributed by atoms with Crippen LogP contribution in [0.2, 0.25) is 0 Å². The number of anilines is 2. The maximum absolute atomic E-state index is 8.91. The molecule has 0 aromatic carbocycles. The molecule has 0 amide bonds. The lowest BCUT2D eigenvalue weighted by Crippen LogP contribution is -2.39. The number of nitrogens with zero attached hydrogens (tertiary/aromatic N) is 5. The van der Waals surface area contributed by atoms with E-state index in [-0.39, 0.29) is 0 Å². The Morgan fingerprint density at radius 3 is 2.65 bits per heavy atom. The summed E-state index contributed by atoms with van der Waals surface area (Å²) in [5.41, 5.74) is 1.45. The monoisotopic (exact) mass is 308 g/mol. The van der Waals surface area contributed by atoms with E-state index in [1.807, 2.05) is 32.0 Å². The summed E-state index contributed by atoms with van der Waals surface area (Å²) in [5.74, 6) is 2.60. The highest BCUT2D eigenvalue weighted by molar-refractivity contribution is 5.42. The molecule has 2 aromatic heterocycles. The van der Waals surface area contributed by atoms with E-state index in [0.717, 1.165) is 49.1 Å². The highest BCUT2D eigenvalue weighted by atomic mass is 15.2. The van der Waals surface area contributed by atoms with Crippen molar-refractivity contribution in [2.45, 2.75) is 32.7 Å². The number of aromatic nitrogens is 3. The molecule has 1 N–H and O–H groups in total. The summed E-state index contributed by atoms with van der Waals surface area (Å²) in [6.45, 7) is 5.83. The Morgan fingerprint density at radius 2 is 1.96 bits per heavy atom. The third kappa shape index (κ3) is 3.75. The molecule has 3 heterocycles. The van der Waals surface area contributed by atoms with Crippen molar-refractivity contribution in [3.63, 3.8) is 0 Å². The van der Waals surface area contributed by atoms with E-state index >= 15 is 0 Å². The SMILES string of the molecule is Cc1cc(N2CCC(Nc3cccc(C#N)n3)CC2)nc(C)n1. The van der Waals surface area contributed by atoms with E-state index in [4.69, 9.17) is 5.26 Å². The van der Waals surface area contributed by atoms with E-state index in [2.05, 4.69) is 31.2 Å². The summed E-state index contributed by atoms with van der Waals surface area (Å²) in [7, 11) is 0. The summed E-state index contributed by atoms with van der Waals surface area (Å²) < 4.78 is 0. The van der Waals surface area contributed by atoms with Crippen molar-refractivity contribution in [2.75, 3.05) is 23.3 Å². The largest absolute Gasteiger partial charge is 0.367 e. The van der Waals surface area contributed by atoms with Crippen LogP contribution in [0.15, 0.2) is 24.3 Å². The smallest absolute Gasteiger partial charge is 0.142 e. The average Bonchev–Trinajstić information content (AvgIpc) is 2.55. The lowest BCUT2D eigenvalue weighted by molar-refractivity contribution is 0.521. The molecular weight excluding hydrogens is 288 g/mol. The van der Waals surface area contributed by atoms with Crippen LogP contribution in [0, 0.1) is 25.2 Å². The number of rotatable bonds is 3. The molecule has 0 aliphatic carbocycles.